The van der Waals surface area contributed by atoms with E-state index in [1.807, 2.05) is 24.3 Å². The van der Waals surface area contributed by atoms with E-state index in [9.17, 15) is 4.79 Å². The highest BCUT2D eigenvalue weighted by molar-refractivity contribution is 5.79. The quantitative estimate of drug-likeness (QED) is 0.899. The molecule has 4 heteroatoms. The fourth-order valence-electron chi connectivity index (χ4n) is 2.70. The van der Waals surface area contributed by atoms with Gasteiger partial charge in [-0.2, -0.15) is 0 Å². The monoisotopic (exact) mass is 277 g/mol. The van der Waals surface area contributed by atoms with Gasteiger partial charge in [0.2, 0.25) is 5.91 Å². The molecule has 2 rings (SSSR count). The summed E-state index contributed by atoms with van der Waals surface area (Å²) in [5.74, 6) is 0.866. The molecule has 1 aromatic rings. The standard InChI is InChI=1S/C16H23NO3/c1-3-14-13(8-6-10-20-14)16(18)17-11-12-7-4-5-9-15(12)19-2/h4-5,7,9,13-14H,3,6,8,10-11H2,1-2H3,(H,17,18)/t13-,14+/m0/s1. The largest absolute Gasteiger partial charge is 0.496 e. The van der Waals surface area contributed by atoms with Crippen molar-refractivity contribution in [1.82, 2.24) is 5.32 Å². The number of methoxy groups -OCH3 is 1. The van der Waals surface area contributed by atoms with Gasteiger partial charge in [-0.3, -0.25) is 4.79 Å². The smallest absolute Gasteiger partial charge is 0.226 e. The third kappa shape index (κ3) is 3.51. The zero-order valence-corrected chi connectivity index (χ0v) is 12.2. The minimum absolute atomic E-state index is 0.0246. The molecule has 0 aliphatic carbocycles. The molecular formula is C16H23NO3. The first kappa shape index (κ1) is 14.9. The molecule has 1 fully saturated rings. The van der Waals surface area contributed by atoms with Gasteiger partial charge in [0, 0.05) is 18.7 Å². The topological polar surface area (TPSA) is 47.6 Å². The van der Waals surface area contributed by atoms with Crippen LogP contribution in [0.2, 0.25) is 0 Å². The molecule has 1 amide bonds. The molecule has 0 aromatic heterocycles. The van der Waals surface area contributed by atoms with Crippen molar-refractivity contribution in [2.75, 3.05) is 13.7 Å². The Balaban J connectivity index is 1.94. The summed E-state index contributed by atoms with van der Waals surface area (Å²) in [4.78, 5) is 12.3. The Morgan fingerprint density at radius 3 is 3.00 bits per heavy atom. The van der Waals surface area contributed by atoms with E-state index in [-0.39, 0.29) is 17.9 Å². The number of carbonyl (C=O) groups is 1. The van der Waals surface area contributed by atoms with Crippen LogP contribution in [0.1, 0.15) is 31.7 Å². The fourth-order valence-corrected chi connectivity index (χ4v) is 2.70. The van der Waals surface area contributed by atoms with Gasteiger partial charge in [-0.25, -0.2) is 0 Å². The van der Waals surface area contributed by atoms with Gasteiger partial charge in [-0.15, -0.1) is 0 Å². The highest BCUT2D eigenvalue weighted by Crippen LogP contribution is 2.24. The zero-order valence-electron chi connectivity index (χ0n) is 12.2. The van der Waals surface area contributed by atoms with Crippen molar-refractivity contribution in [3.05, 3.63) is 29.8 Å². The van der Waals surface area contributed by atoms with Crippen molar-refractivity contribution >= 4 is 5.91 Å². The van der Waals surface area contributed by atoms with Gasteiger partial charge in [0.1, 0.15) is 5.75 Å². The number of nitrogens with one attached hydrogen (secondary N) is 1. The lowest BCUT2D eigenvalue weighted by molar-refractivity contribution is -0.134. The van der Waals surface area contributed by atoms with Crippen LogP contribution in [0.25, 0.3) is 0 Å². The van der Waals surface area contributed by atoms with E-state index >= 15 is 0 Å². The Labute approximate surface area is 120 Å². The summed E-state index contributed by atoms with van der Waals surface area (Å²) in [6, 6.07) is 7.74. The highest BCUT2D eigenvalue weighted by atomic mass is 16.5. The molecule has 1 N–H and O–H groups in total. The molecule has 2 atom stereocenters. The minimum atomic E-state index is -0.0246. The molecule has 0 saturated carbocycles. The molecule has 1 saturated heterocycles. The van der Waals surface area contributed by atoms with Crippen LogP contribution >= 0.6 is 0 Å². The Morgan fingerprint density at radius 1 is 1.45 bits per heavy atom. The molecule has 0 radical (unpaired) electrons. The lowest BCUT2D eigenvalue weighted by Crippen LogP contribution is -2.41. The number of carbonyl (C=O) groups excluding carboxylic acids is 1. The molecular weight excluding hydrogens is 254 g/mol. The van der Waals surface area contributed by atoms with Gasteiger partial charge in [0.05, 0.1) is 19.1 Å². The number of hydrogen-bond donors (Lipinski definition) is 1. The van der Waals surface area contributed by atoms with E-state index in [0.29, 0.717) is 6.54 Å². The van der Waals surface area contributed by atoms with Crippen LogP contribution in [0.3, 0.4) is 0 Å². The maximum absolute atomic E-state index is 12.3. The van der Waals surface area contributed by atoms with Gasteiger partial charge in [-0.1, -0.05) is 25.1 Å². The van der Waals surface area contributed by atoms with Gasteiger partial charge >= 0.3 is 0 Å². The average Bonchev–Trinajstić information content (AvgIpc) is 2.52. The normalized spacial score (nSPS) is 22.3. The van der Waals surface area contributed by atoms with Crippen molar-refractivity contribution in [2.24, 2.45) is 5.92 Å². The number of rotatable bonds is 5. The maximum atomic E-state index is 12.3. The summed E-state index contributed by atoms with van der Waals surface area (Å²) < 4.78 is 11.0. The van der Waals surface area contributed by atoms with Crippen molar-refractivity contribution in [3.63, 3.8) is 0 Å². The molecule has 0 spiro atoms. The molecule has 1 aliphatic rings. The molecule has 0 bridgehead atoms. The SMILES string of the molecule is CC[C@H]1OCCC[C@@H]1C(=O)NCc1ccccc1OC. The van der Waals surface area contributed by atoms with E-state index in [4.69, 9.17) is 9.47 Å². The number of ether oxygens (including phenoxy) is 2. The maximum Gasteiger partial charge on any atom is 0.226 e. The molecule has 0 unspecified atom stereocenters. The summed E-state index contributed by atoms with van der Waals surface area (Å²) in [5, 5.41) is 3.01. The Kier molecular flexibility index (Phi) is 5.41. The second-order valence-corrected chi connectivity index (χ2v) is 5.10. The molecule has 110 valence electrons. The lowest BCUT2D eigenvalue weighted by atomic mass is 9.92. The van der Waals surface area contributed by atoms with Gasteiger partial charge in [0.15, 0.2) is 0 Å². The Hall–Kier alpha value is -1.55. The van der Waals surface area contributed by atoms with Crippen LogP contribution in [0.15, 0.2) is 24.3 Å². The second-order valence-electron chi connectivity index (χ2n) is 5.10. The lowest BCUT2D eigenvalue weighted by Gasteiger charge is -2.30. The van der Waals surface area contributed by atoms with Crippen LogP contribution in [-0.2, 0) is 16.1 Å². The van der Waals surface area contributed by atoms with Crippen LogP contribution in [-0.4, -0.2) is 25.7 Å². The minimum Gasteiger partial charge on any atom is -0.496 e. The van der Waals surface area contributed by atoms with Crippen LogP contribution in [0.4, 0.5) is 0 Å². The summed E-state index contributed by atoms with van der Waals surface area (Å²) in [6.45, 7) is 3.33. The summed E-state index contributed by atoms with van der Waals surface area (Å²) in [7, 11) is 1.64. The summed E-state index contributed by atoms with van der Waals surface area (Å²) in [6.07, 6.45) is 2.81. The van der Waals surface area contributed by atoms with E-state index in [1.54, 1.807) is 7.11 Å². The third-order valence-electron chi connectivity index (χ3n) is 3.82. The first-order valence-electron chi connectivity index (χ1n) is 7.27. The average molecular weight is 277 g/mol. The highest BCUT2D eigenvalue weighted by Gasteiger charge is 2.30. The van der Waals surface area contributed by atoms with Gasteiger partial charge in [-0.05, 0) is 25.3 Å². The van der Waals surface area contributed by atoms with Crippen molar-refractivity contribution < 1.29 is 14.3 Å². The Bertz CT molecular complexity index is 447. The van der Waals surface area contributed by atoms with Crippen molar-refractivity contribution in [1.29, 1.82) is 0 Å². The van der Waals surface area contributed by atoms with Crippen molar-refractivity contribution in [2.45, 2.75) is 38.8 Å². The predicted octanol–water partition coefficient (Wildman–Crippen LogP) is 2.52. The van der Waals surface area contributed by atoms with Crippen LogP contribution in [0, 0.1) is 5.92 Å². The molecule has 20 heavy (non-hydrogen) atoms. The summed E-state index contributed by atoms with van der Waals surface area (Å²) in [5.41, 5.74) is 0.994. The van der Waals surface area contributed by atoms with E-state index in [1.165, 1.54) is 0 Å². The third-order valence-corrected chi connectivity index (χ3v) is 3.82. The van der Waals surface area contributed by atoms with Crippen LogP contribution in [0.5, 0.6) is 5.75 Å². The number of hydrogen-bond acceptors (Lipinski definition) is 3. The summed E-state index contributed by atoms with van der Waals surface area (Å²) >= 11 is 0. The number of para-hydroxylation sites is 1. The van der Waals surface area contributed by atoms with Crippen LogP contribution < -0.4 is 10.1 Å². The zero-order chi connectivity index (χ0) is 14.4. The molecule has 1 aliphatic heterocycles. The van der Waals surface area contributed by atoms with Gasteiger partial charge in [0.25, 0.3) is 0 Å². The van der Waals surface area contributed by atoms with E-state index in [0.717, 1.165) is 37.2 Å². The number of benzene rings is 1. The molecule has 1 aromatic carbocycles. The van der Waals surface area contributed by atoms with E-state index in [2.05, 4.69) is 12.2 Å². The van der Waals surface area contributed by atoms with E-state index < -0.39 is 0 Å². The fraction of sp³-hybridized carbons (Fsp3) is 0.562. The van der Waals surface area contributed by atoms with Gasteiger partial charge < -0.3 is 14.8 Å². The second kappa shape index (κ2) is 7.29. The van der Waals surface area contributed by atoms with Crippen molar-refractivity contribution in [3.8, 4) is 5.75 Å². The predicted molar refractivity (Wildman–Crippen MR) is 77.6 cm³/mol. The number of amides is 1. The first-order valence-corrected chi connectivity index (χ1v) is 7.27. The first-order chi connectivity index (χ1) is 9.76. The molecule has 1 heterocycles. The molecule has 4 nitrogen and oxygen atoms in total. The Morgan fingerprint density at radius 2 is 2.25 bits per heavy atom.